The monoisotopic (exact) mass is 654 g/mol. The Hall–Kier alpha value is -2.11. The molecule has 0 atom stereocenters. The molecule has 0 amide bonds. The van der Waals surface area contributed by atoms with E-state index in [0.717, 1.165) is 7.14 Å². The van der Waals surface area contributed by atoms with E-state index < -0.39 is 9.84 Å². The first-order chi connectivity index (χ1) is 14.9. The molecule has 156 valence electrons. The maximum atomic E-state index is 13.0. The molecule has 0 saturated carbocycles. The van der Waals surface area contributed by atoms with E-state index in [1.54, 1.807) is 48.5 Å². The van der Waals surface area contributed by atoms with Crippen LogP contribution in [0.1, 0.15) is 0 Å². The first-order valence-electron chi connectivity index (χ1n) is 9.22. The predicted molar refractivity (Wildman–Crippen MR) is 137 cm³/mol. The van der Waals surface area contributed by atoms with Crippen molar-refractivity contribution in [3.8, 4) is 23.0 Å². The largest absolute Gasteiger partial charge is 0.457 e. The van der Waals surface area contributed by atoms with Crippen LogP contribution in [0.25, 0.3) is 0 Å². The molecule has 4 rings (SSSR count). The van der Waals surface area contributed by atoms with E-state index in [0.29, 0.717) is 23.0 Å². The van der Waals surface area contributed by atoms with E-state index in [1.165, 1.54) is 0 Å². The van der Waals surface area contributed by atoms with Crippen LogP contribution < -0.4 is 9.47 Å². The van der Waals surface area contributed by atoms with Gasteiger partial charge < -0.3 is 9.47 Å². The summed E-state index contributed by atoms with van der Waals surface area (Å²) in [6.07, 6.45) is 0. The fourth-order valence-corrected chi connectivity index (χ4v) is 4.77. The topological polar surface area (TPSA) is 52.6 Å². The third kappa shape index (κ3) is 5.58. The number of hydrogen-bond donors (Lipinski definition) is 0. The molecule has 4 nitrogen and oxygen atoms in total. The number of hydrogen-bond acceptors (Lipinski definition) is 4. The second kappa shape index (κ2) is 9.58. The van der Waals surface area contributed by atoms with Crippen molar-refractivity contribution in [2.24, 2.45) is 0 Å². The highest BCUT2D eigenvalue weighted by Crippen LogP contribution is 2.28. The van der Waals surface area contributed by atoms with Crippen molar-refractivity contribution >= 4 is 55.0 Å². The molecule has 0 heterocycles. The molecule has 31 heavy (non-hydrogen) atoms. The normalized spacial score (nSPS) is 11.2. The Balaban J connectivity index is 1.48. The third-order valence-electron chi connectivity index (χ3n) is 4.37. The fraction of sp³-hybridized carbons (Fsp3) is 0. The number of halogens is 2. The average Bonchev–Trinajstić information content (AvgIpc) is 2.78. The van der Waals surface area contributed by atoms with Gasteiger partial charge in [0.15, 0.2) is 0 Å². The Morgan fingerprint density at radius 1 is 0.452 bits per heavy atom. The van der Waals surface area contributed by atoms with Gasteiger partial charge in [-0.25, -0.2) is 8.42 Å². The van der Waals surface area contributed by atoms with Crippen molar-refractivity contribution in [3.05, 3.63) is 104 Å². The highest BCUT2D eigenvalue weighted by atomic mass is 127. The van der Waals surface area contributed by atoms with Gasteiger partial charge in [-0.05, 0) is 142 Å². The average molecular weight is 654 g/mol. The zero-order valence-electron chi connectivity index (χ0n) is 16.0. The minimum atomic E-state index is -3.64. The summed E-state index contributed by atoms with van der Waals surface area (Å²) < 4.78 is 39.7. The van der Waals surface area contributed by atoms with Crippen LogP contribution in [-0.4, -0.2) is 8.42 Å². The standard InChI is InChI=1S/C24H16I2O4S/c25-17-1-5-19(6-2-17)29-21-9-13-23(14-10-21)31(27,28)24-15-11-22(12-16-24)30-20-7-3-18(26)4-8-20/h1-16H. The summed E-state index contributed by atoms with van der Waals surface area (Å²) in [4.78, 5) is 0.405. The van der Waals surface area contributed by atoms with Crippen molar-refractivity contribution in [1.82, 2.24) is 0 Å². The molecule has 0 aliphatic rings. The van der Waals surface area contributed by atoms with E-state index in [1.807, 2.05) is 48.5 Å². The minimum absolute atomic E-state index is 0.203. The van der Waals surface area contributed by atoms with Gasteiger partial charge >= 0.3 is 0 Å². The van der Waals surface area contributed by atoms with Gasteiger partial charge in [-0.2, -0.15) is 0 Å². The van der Waals surface area contributed by atoms with Gasteiger partial charge in [0.25, 0.3) is 0 Å². The molecule has 0 fully saturated rings. The number of ether oxygens (including phenoxy) is 2. The van der Waals surface area contributed by atoms with Gasteiger partial charge in [0, 0.05) is 7.14 Å². The minimum Gasteiger partial charge on any atom is -0.457 e. The van der Waals surface area contributed by atoms with Crippen molar-refractivity contribution in [2.45, 2.75) is 9.79 Å². The number of sulfone groups is 1. The smallest absolute Gasteiger partial charge is 0.206 e. The molecule has 7 heteroatoms. The first kappa shape index (κ1) is 22.1. The molecule has 0 saturated heterocycles. The van der Waals surface area contributed by atoms with Crippen LogP contribution in [-0.2, 0) is 9.84 Å². The Labute approximate surface area is 208 Å². The summed E-state index contributed by atoms with van der Waals surface area (Å²) in [5, 5.41) is 0. The quantitative estimate of drug-likeness (QED) is 0.205. The molecule has 4 aromatic rings. The first-order valence-corrected chi connectivity index (χ1v) is 12.9. The fourth-order valence-electron chi connectivity index (χ4n) is 2.79. The van der Waals surface area contributed by atoms with Crippen molar-refractivity contribution in [3.63, 3.8) is 0 Å². The molecule has 0 spiro atoms. The van der Waals surface area contributed by atoms with Crippen LogP contribution in [0.5, 0.6) is 23.0 Å². The Morgan fingerprint density at radius 2 is 0.710 bits per heavy atom. The van der Waals surface area contributed by atoms with Gasteiger partial charge in [-0.15, -0.1) is 0 Å². The summed E-state index contributed by atoms with van der Waals surface area (Å²) in [5.41, 5.74) is 0. The van der Waals surface area contributed by atoms with E-state index in [9.17, 15) is 8.42 Å². The number of benzene rings is 4. The van der Waals surface area contributed by atoms with E-state index >= 15 is 0 Å². The maximum absolute atomic E-state index is 13.0. The van der Waals surface area contributed by atoms with Gasteiger partial charge in [0.05, 0.1) is 9.79 Å². The Kier molecular flexibility index (Phi) is 6.83. The van der Waals surface area contributed by atoms with Crippen molar-refractivity contribution in [2.75, 3.05) is 0 Å². The van der Waals surface area contributed by atoms with E-state index in [2.05, 4.69) is 45.2 Å². The summed E-state index contributed by atoms with van der Waals surface area (Å²) >= 11 is 4.45. The molecular weight excluding hydrogens is 638 g/mol. The molecule has 0 bridgehead atoms. The van der Waals surface area contributed by atoms with Crippen LogP contribution >= 0.6 is 45.2 Å². The summed E-state index contributed by atoms with van der Waals surface area (Å²) in [7, 11) is -3.64. The van der Waals surface area contributed by atoms with Crippen LogP contribution in [0.2, 0.25) is 0 Å². The molecule has 4 aromatic carbocycles. The van der Waals surface area contributed by atoms with Crippen molar-refractivity contribution in [1.29, 1.82) is 0 Å². The van der Waals surface area contributed by atoms with Gasteiger partial charge in [-0.3, -0.25) is 0 Å². The van der Waals surface area contributed by atoms with Crippen LogP contribution in [0.15, 0.2) is 107 Å². The predicted octanol–water partition coefficient (Wildman–Crippen LogP) is 7.31. The lowest BCUT2D eigenvalue weighted by Crippen LogP contribution is -2.01. The number of rotatable bonds is 6. The highest BCUT2D eigenvalue weighted by molar-refractivity contribution is 14.1. The molecule has 0 aliphatic carbocycles. The van der Waals surface area contributed by atoms with Crippen LogP contribution in [0.3, 0.4) is 0 Å². The summed E-state index contributed by atoms with van der Waals surface area (Å²) in [5.74, 6) is 2.53. The molecule has 0 unspecified atom stereocenters. The lowest BCUT2D eigenvalue weighted by Gasteiger charge is -2.09. The summed E-state index contributed by atoms with van der Waals surface area (Å²) in [6, 6.07) is 28.1. The summed E-state index contributed by atoms with van der Waals surface area (Å²) in [6.45, 7) is 0. The van der Waals surface area contributed by atoms with Crippen molar-refractivity contribution < 1.29 is 17.9 Å². The van der Waals surface area contributed by atoms with Gasteiger partial charge in [-0.1, -0.05) is 0 Å². The Bertz CT molecular complexity index is 1170. The second-order valence-corrected chi connectivity index (χ2v) is 11.0. The third-order valence-corrected chi connectivity index (χ3v) is 7.59. The van der Waals surface area contributed by atoms with Crippen LogP contribution in [0.4, 0.5) is 0 Å². The lowest BCUT2D eigenvalue weighted by atomic mass is 10.3. The van der Waals surface area contributed by atoms with E-state index in [4.69, 9.17) is 9.47 Å². The zero-order chi connectivity index (χ0) is 21.8. The van der Waals surface area contributed by atoms with E-state index in [-0.39, 0.29) is 9.79 Å². The molecular formula is C24H16I2O4S. The van der Waals surface area contributed by atoms with Crippen LogP contribution in [0, 0.1) is 7.14 Å². The molecule has 0 aliphatic heterocycles. The van der Waals surface area contributed by atoms with Gasteiger partial charge in [0.2, 0.25) is 9.84 Å². The van der Waals surface area contributed by atoms with Gasteiger partial charge in [0.1, 0.15) is 23.0 Å². The molecule has 0 radical (unpaired) electrons. The molecule has 0 aromatic heterocycles. The zero-order valence-corrected chi connectivity index (χ0v) is 21.2. The lowest BCUT2D eigenvalue weighted by molar-refractivity contribution is 0.482. The highest BCUT2D eigenvalue weighted by Gasteiger charge is 2.18. The molecule has 0 N–H and O–H groups in total. The second-order valence-electron chi connectivity index (χ2n) is 6.56. The maximum Gasteiger partial charge on any atom is 0.206 e. The Morgan fingerprint density at radius 3 is 1.00 bits per heavy atom. The SMILES string of the molecule is O=S(=O)(c1ccc(Oc2ccc(I)cc2)cc1)c1ccc(Oc2ccc(I)cc2)cc1.